The van der Waals surface area contributed by atoms with Gasteiger partial charge in [-0.3, -0.25) is 14.6 Å². The highest BCUT2D eigenvalue weighted by Gasteiger charge is 2.71. The first-order chi connectivity index (χ1) is 16.9. The molecule has 0 aromatic heterocycles. The number of carbonyl (C=O) groups excluding carboxylic acids is 1. The van der Waals surface area contributed by atoms with Gasteiger partial charge < -0.3 is 24.6 Å². The highest BCUT2D eigenvalue weighted by atomic mass is 16.5. The predicted molar refractivity (Wildman–Crippen MR) is 129 cm³/mol. The molecule has 1 amide bonds. The van der Waals surface area contributed by atoms with Crippen LogP contribution in [0.1, 0.15) is 43.2 Å². The Labute approximate surface area is 206 Å². The second kappa shape index (κ2) is 7.81. The smallest absolute Gasteiger partial charge is 0.224 e. The van der Waals surface area contributed by atoms with E-state index in [1.165, 1.54) is 18.4 Å². The van der Waals surface area contributed by atoms with Crippen molar-refractivity contribution >= 4 is 5.91 Å². The van der Waals surface area contributed by atoms with Crippen LogP contribution in [0.25, 0.3) is 0 Å². The van der Waals surface area contributed by atoms with Crippen LogP contribution < -0.4 is 4.74 Å². The number of carbonyl (C=O) groups is 1. The van der Waals surface area contributed by atoms with Crippen molar-refractivity contribution in [1.82, 2.24) is 14.7 Å². The van der Waals surface area contributed by atoms with Crippen molar-refractivity contribution in [1.29, 1.82) is 0 Å². The molecule has 0 unspecified atom stereocenters. The molecule has 7 rings (SSSR count). The number of morpholine rings is 1. The molecule has 6 aliphatic rings. The molecule has 4 fully saturated rings. The maximum atomic E-state index is 13.6. The normalized spacial score (nSPS) is 38.6. The Morgan fingerprint density at radius 1 is 1.20 bits per heavy atom. The van der Waals surface area contributed by atoms with Crippen molar-refractivity contribution in [3.8, 4) is 11.5 Å². The molecule has 3 saturated heterocycles. The molecule has 2 bridgehead atoms. The number of aliphatic hydroxyl groups is 1. The largest absolute Gasteiger partial charge is 0.504 e. The average Bonchev–Trinajstić information content (AvgIpc) is 3.60. The molecule has 8 heteroatoms. The Morgan fingerprint density at radius 3 is 2.86 bits per heavy atom. The number of rotatable bonds is 4. The van der Waals surface area contributed by atoms with Gasteiger partial charge in [-0.2, -0.15) is 0 Å². The van der Waals surface area contributed by atoms with Crippen LogP contribution in [0, 0.1) is 5.92 Å². The highest BCUT2D eigenvalue weighted by Crippen LogP contribution is 2.63. The van der Waals surface area contributed by atoms with Crippen molar-refractivity contribution < 1.29 is 24.5 Å². The van der Waals surface area contributed by atoms with Gasteiger partial charge in [-0.1, -0.05) is 6.07 Å². The maximum Gasteiger partial charge on any atom is 0.224 e. The summed E-state index contributed by atoms with van der Waals surface area (Å²) in [5.41, 5.74) is 0.633. The van der Waals surface area contributed by atoms with E-state index in [0.29, 0.717) is 44.9 Å². The first-order valence-electron chi connectivity index (χ1n) is 13.4. The molecule has 4 aliphatic heterocycles. The molecule has 1 spiro atoms. The number of ether oxygens (including phenoxy) is 2. The number of phenols is 1. The summed E-state index contributed by atoms with van der Waals surface area (Å²) in [4.78, 5) is 20.2. The molecular weight excluding hydrogens is 446 g/mol. The molecule has 1 aromatic carbocycles. The van der Waals surface area contributed by atoms with Crippen molar-refractivity contribution in [3.63, 3.8) is 0 Å². The molecule has 1 aromatic rings. The summed E-state index contributed by atoms with van der Waals surface area (Å²) < 4.78 is 12.2. The maximum absolute atomic E-state index is 13.6. The topological polar surface area (TPSA) is 85.7 Å². The number of likely N-dealkylation sites (N-methyl/N-ethyl adjacent to an activating group) is 1. The second-order valence-corrected chi connectivity index (χ2v) is 11.9. The van der Waals surface area contributed by atoms with Crippen LogP contribution in [0.3, 0.4) is 0 Å². The minimum absolute atomic E-state index is 0.0128. The number of hydrogen-bond acceptors (Lipinski definition) is 7. The zero-order chi connectivity index (χ0) is 23.9. The second-order valence-electron chi connectivity index (χ2n) is 11.9. The van der Waals surface area contributed by atoms with Crippen LogP contribution in [0.5, 0.6) is 11.5 Å². The van der Waals surface area contributed by atoms with E-state index in [-0.39, 0.29) is 29.8 Å². The fourth-order valence-electron chi connectivity index (χ4n) is 7.91. The monoisotopic (exact) mass is 483 g/mol. The zero-order valence-electron chi connectivity index (χ0n) is 20.6. The third-order valence-corrected chi connectivity index (χ3v) is 10.1. The van der Waals surface area contributed by atoms with E-state index >= 15 is 0 Å². The van der Waals surface area contributed by atoms with Gasteiger partial charge in [-0.15, -0.1) is 0 Å². The minimum atomic E-state index is -0.989. The molecule has 8 nitrogen and oxygen atoms in total. The molecule has 5 atom stereocenters. The average molecular weight is 484 g/mol. The molecule has 0 radical (unpaired) electrons. The summed E-state index contributed by atoms with van der Waals surface area (Å²) in [6.45, 7) is 5.07. The van der Waals surface area contributed by atoms with E-state index in [2.05, 4.69) is 16.8 Å². The fraction of sp³-hybridized carbons (Fsp3) is 0.741. The summed E-state index contributed by atoms with van der Waals surface area (Å²) >= 11 is 0. The van der Waals surface area contributed by atoms with Crippen molar-refractivity contribution in [2.24, 2.45) is 5.92 Å². The van der Waals surface area contributed by atoms with E-state index in [9.17, 15) is 15.0 Å². The number of phenolic OH excluding ortho intramolecular Hbond substituents is 1. The number of likely N-dealkylation sites (tertiary alicyclic amines) is 2. The van der Waals surface area contributed by atoms with Gasteiger partial charge in [0.25, 0.3) is 0 Å². The lowest BCUT2D eigenvalue weighted by atomic mass is 9.52. The number of benzene rings is 1. The first kappa shape index (κ1) is 22.3. The minimum Gasteiger partial charge on any atom is -0.504 e. The van der Waals surface area contributed by atoms with E-state index in [0.717, 1.165) is 44.0 Å². The number of nitrogens with zero attached hydrogens (tertiary/aromatic N) is 3. The van der Waals surface area contributed by atoms with E-state index in [4.69, 9.17) is 9.47 Å². The summed E-state index contributed by atoms with van der Waals surface area (Å²) in [6.07, 6.45) is 4.73. The highest BCUT2D eigenvalue weighted by molar-refractivity contribution is 5.77. The van der Waals surface area contributed by atoms with E-state index in [1.54, 1.807) is 6.07 Å². The summed E-state index contributed by atoms with van der Waals surface area (Å²) in [5, 5.41) is 23.4. The number of hydrogen-bond donors (Lipinski definition) is 2. The van der Waals surface area contributed by atoms with E-state index < -0.39 is 11.0 Å². The quantitative estimate of drug-likeness (QED) is 0.664. The molecule has 1 saturated carbocycles. The molecule has 2 N–H and O–H groups in total. The lowest BCUT2D eigenvalue weighted by Crippen LogP contribution is -2.74. The molecule has 35 heavy (non-hydrogen) atoms. The van der Waals surface area contributed by atoms with Gasteiger partial charge in [0.1, 0.15) is 6.10 Å². The number of aromatic hydroxyl groups is 1. The predicted octanol–water partition coefficient (Wildman–Crippen LogP) is 1.12. The molecule has 190 valence electrons. The Kier molecular flexibility index (Phi) is 4.99. The summed E-state index contributed by atoms with van der Waals surface area (Å²) in [7, 11) is 2.05. The summed E-state index contributed by atoms with van der Waals surface area (Å²) in [5.74, 6) is 1.53. The zero-order valence-corrected chi connectivity index (χ0v) is 20.6. The lowest BCUT2D eigenvalue weighted by molar-refractivity contribution is -0.162. The van der Waals surface area contributed by atoms with E-state index in [1.807, 2.05) is 11.0 Å². The van der Waals surface area contributed by atoms with Gasteiger partial charge in [-0.25, -0.2) is 0 Å². The van der Waals surface area contributed by atoms with Crippen LogP contribution in [-0.4, -0.2) is 108 Å². The van der Waals surface area contributed by atoms with Crippen molar-refractivity contribution in [2.75, 3.05) is 53.0 Å². The fourth-order valence-corrected chi connectivity index (χ4v) is 7.91. The number of amides is 1. The van der Waals surface area contributed by atoms with Crippen molar-refractivity contribution in [2.45, 2.75) is 67.7 Å². The lowest BCUT2D eigenvalue weighted by Gasteiger charge is -2.60. The Morgan fingerprint density at radius 2 is 2.06 bits per heavy atom. The van der Waals surface area contributed by atoms with Gasteiger partial charge in [0.2, 0.25) is 5.91 Å². The van der Waals surface area contributed by atoms with Crippen LogP contribution in [0.4, 0.5) is 0 Å². The van der Waals surface area contributed by atoms with Gasteiger partial charge >= 0.3 is 0 Å². The van der Waals surface area contributed by atoms with Crippen LogP contribution in [-0.2, 0) is 21.4 Å². The van der Waals surface area contributed by atoms with Crippen LogP contribution in [0.15, 0.2) is 12.1 Å². The first-order valence-corrected chi connectivity index (χ1v) is 13.4. The Balaban J connectivity index is 1.25. The van der Waals surface area contributed by atoms with Gasteiger partial charge in [0.15, 0.2) is 11.5 Å². The Hall–Kier alpha value is -1.87. The summed E-state index contributed by atoms with van der Waals surface area (Å²) in [6, 6.07) is 3.86. The van der Waals surface area contributed by atoms with Crippen molar-refractivity contribution in [3.05, 3.63) is 23.3 Å². The standard InChI is InChI=1S/C27H37N3O5/c1-28-10-11-34-16-19(28)13-23(32)30-9-7-27(33)21-12-18-4-5-20(31)25-24(18)26(27,22(15-30)35-25)6-8-29(21)14-17-2-3-17/h4-5,17,19,21-22,31,33H,2-3,6-16H2,1H3/t19-,21+,22-,26+,27+/m0/s1. The van der Waals surface area contributed by atoms with Gasteiger partial charge in [0.05, 0.1) is 30.8 Å². The van der Waals surface area contributed by atoms with Gasteiger partial charge in [-0.05, 0) is 63.2 Å². The molecular formula is C27H37N3O5. The SMILES string of the molecule is CN1CCOC[C@@H]1CC(=O)N1CC[C@@]2(O)[C@H]3Cc4ccc(O)c5c4[C@@]2(CCN3CC2CC2)[C@H](C1)O5. The third kappa shape index (κ3) is 3.16. The van der Waals surface area contributed by atoms with Gasteiger partial charge in [0, 0.05) is 43.7 Å². The third-order valence-electron chi connectivity index (χ3n) is 10.1. The van der Waals surface area contributed by atoms with Crippen LogP contribution >= 0.6 is 0 Å². The Bertz CT molecular complexity index is 1050. The van der Waals surface area contributed by atoms with Crippen LogP contribution in [0.2, 0.25) is 0 Å². The molecule has 4 heterocycles. The number of piperidine rings is 1. The molecule has 2 aliphatic carbocycles.